The number of hydrogen-bond donors (Lipinski definition) is 1. The van der Waals surface area contributed by atoms with Gasteiger partial charge >= 0.3 is 0 Å². The van der Waals surface area contributed by atoms with Gasteiger partial charge in [0.2, 0.25) is 11.9 Å². The molecule has 0 radical (unpaired) electrons. The number of anilines is 5. The molecule has 1 N–H and O–H groups in total. The summed E-state index contributed by atoms with van der Waals surface area (Å²) in [6, 6.07) is 12.1. The molecule has 1 saturated heterocycles. The number of amides is 1. The molecule has 11 heteroatoms. The zero-order valence-electron chi connectivity index (χ0n) is 22.2. The number of carbonyl (C=O) groups excluding carboxylic acids is 1. The lowest BCUT2D eigenvalue weighted by Crippen LogP contribution is -2.51. The Kier molecular flexibility index (Phi) is 6.82. The van der Waals surface area contributed by atoms with Crippen molar-refractivity contribution in [2.24, 2.45) is 4.99 Å². The first-order valence-corrected chi connectivity index (χ1v) is 13.8. The van der Waals surface area contributed by atoms with Gasteiger partial charge in [0.25, 0.3) is 5.91 Å². The van der Waals surface area contributed by atoms with Gasteiger partial charge in [-0.3, -0.25) is 14.7 Å². The van der Waals surface area contributed by atoms with Crippen molar-refractivity contribution in [2.45, 2.75) is 25.8 Å². The Hall–Kier alpha value is -3.40. The zero-order chi connectivity index (χ0) is 27.3. The van der Waals surface area contributed by atoms with Gasteiger partial charge in [0.1, 0.15) is 5.56 Å². The van der Waals surface area contributed by atoms with E-state index in [4.69, 9.17) is 28.2 Å². The molecule has 39 heavy (non-hydrogen) atoms. The van der Waals surface area contributed by atoms with E-state index in [-0.39, 0.29) is 5.91 Å². The number of guanidine groups is 1. The third kappa shape index (κ3) is 4.68. The summed E-state index contributed by atoms with van der Waals surface area (Å²) in [5.41, 5.74) is 4.11. The van der Waals surface area contributed by atoms with Crippen LogP contribution in [0.3, 0.4) is 0 Å². The number of para-hydroxylation sites is 1. The number of hydrogen-bond acceptors (Lipinski definition) is 8. The third-order valence-corrected chi connectivity index (χ3v) is 8.24. The molecule has 3 aromatic rings. The summed E-state index contributed by atoms with van der Waals surface area (Å²) in [4.78, 5) is 35.6. The smallest absolute Gasteiger partial charge is 0.270 e. The van der Waals surface area contributed by atoms with Crippen LogP contribution in [-0.4, -0.2) is 73.1 Å². The highest BCUT2D eigenvalue weighted by molar-refractivity contribution is 6.43. The maximum Gasteiger partial charge on any atom is 0.270 e. The fraction of sp³-hybridized carbons (Fsp3) is 0.357. The average molecular weight is 566 g/mol. The summed E-state index contributed by atoms with van der Waals surface area (Å²) in [5.74, 6) is 1.08. The molecule has 2 aromatic carbocycles. The number of piperidine rings is 1. The SMILES string of the molecule is Cc1cc(Nc2ncc3c(n2)N2CCN=C2N(c2c(Cl)cccc2Cl)C3=O)ccc1N1CCC(N(C)C)CC1. The van der Waals surface area contributed by atoms with E-state index < -0.39 is 0 Å². The lowest BCUT2D eigenvalue weighted by Gasteiger charge is -2.37. The van der Waals surface area contributed by atoms with E-state index in [0.717, 1.165) is 31.6 Å². The minimum atomic E-state index is -0.318. The fourth-order valence-electron chi connectivity index (χ4n) is 5.57. The third-order valence-electron chi connectivity index (χ3n) is 7.63. The Morgan fingerprint density at radius 1 is 1.05 bits per heavy atom. The highest BCUT2D eigenvalue weighted by atomic mass is 35.5. The molecule has 0 bridgehead atoms. The molecule has 3 aliphatic rings. The van der Waals surface area contributed by atoms with Gasteiger partial charge in [0.15, 0.2) is 5.82 Å². The van der Waals surface area contributed by atoms with Gasteiger partial charge in [-0.15, -0.1) is 0 Å². The van der Waals surface area contributed by atoms with Crippen LogP contribution in [0.25, 0.3) is 0 Å². The number of nitrogens with one attached hydrogen (secondary N) is 1. The minimum absolute atomic E-state index is 0.318. The normalized spacial score (nSPS) is 17.4. The van der Waals surface area contributed by atoms with Crippen LogP contribution in [0, 0.1) is 6.92 Å². The summed E-state index contributed by atoms with van der Waals surface area (Å²) in [5, 5.41) is 4.06. The molecule has 0 atom stereocenters. The van der Waals surface area contributed by atoms with E-state index in [2.05, 4.69) is 64.3 Å². The van der Waals surface area contributed by atoms with E-state index >= 15 is 0 Å². The van der Waals surface area contributed by atoms with E-state index in [1.807, 2.05) is 4.90 Å². The molecule has 3 aliphatic heterocycles. The molecule has 0 unspecified atom stereocenters. The van der Waals surface area contributed by atoms with Crippen molar-refractivity contribution in [3.63, 3.8) is 0 Å². The number of rotatable bonds is 5. The minimum Gasteiger partial charge on any atom is -0.371 e. The number of aromatic nitrogens is 2. The van der Waals surface area contributed by atoms with Crippen LogP contribution < -0.4 is 20.0 Å². The number of carbonyl (C=O) groups is 1. The highest BCUT2D eigenvalue weighted by Gasteiger charge is 2.41. The summed E-state index contributed by atoms with van der Waals surface area (Å²) in [6.07, 6.45) is 3.88. The van der Waals surface area contributed by atoms with Gasteiger partial charge in [0.05, 0.1) is 22.3 Å². The molecule has 1 aromatic heterocycles. The quantitative estimate of drug-likeness (QED) is 0.456. The standard InChI is InChI=1S/C28H30Cl2N8O/c1-17-15-18(7-8-23(17)36-12-9-19(10-13-36)35(2)3)33-27-32-16-20-25(34-27)37-14-11-31-28(37)38(26(20)39)24-21(29)5-4-6-22(24)30/h4-8,15-16,19H,9-14H2,1-3H3,(H,32,33,34). The molecular formula is C28H30Cl2N8O. The molecule has 9 nitrogen and oxygen atoms in total. The van der Waals surface area contributed by atoms with Gasteiger partial charge in [-0.05, 0) is 69.8 Å². The molecule has 202 valence electrons. The van der Waals surface area contributed by atoms with Crippen LogP contribution in [0.15, 0.2) is 47.6 Å². The lowest BCUT2D eigenvalue weighted by molar-refractivity contribution is 0.1000. The Morgan fingerprint density at radius 2 is 1.79 bits per heavy atom. The molecule has 1 amide bonds. The number of aliphatic imine (C=N–C) groups is 1. The van der Waals surface area contributed by atoms with Crippen LogP contribution >= 0.6 is 23.2 Å². The highest BCUT2D eigenvalue weighted by Crippen LogP contribution is 2.40. The van der Waals surface area contributed by atoms with Crippen molar-refractivity contribution in [1.82, 2.24) is 14.9 Å². The molecule has 4 heterocycles. The predicted molar refractivity (Wildman–Crippen MR) is 158 cm³/mol. The first-order chi connectivity index (χ1) is 18.8. The van der Waals surface area contributed by atoms with Crippen molar-refractivity contribution in [1.29, 1.82) is 0 Å². The van der Waals surface area contributed by atoms with Crippen molar-refractivity contribution >= 4 is 63.9 Å². The van der Waals surface area contributed by atoms with Crippen molar-refractivity contribution < 1.29 is 4.79 Å². The Morgan fingerprint density at radius 3 is 2.49 bits per heavy atom. The lowest BCUT2D eigenvalue weighted by atomic mass is 10.0. The Bertz CT molecular complexity index is 1450. The fourth-order valence-corrected chi connectivity index (χ4v) is 6.14. The van der Waals surface area contributed by atoms with Crippen LogP contribution in [0.5, 0.6) is 0 Å². The van der Waals surface area contributed by atoms with E-state index in [1.165, 1.54) is 16.2 Å². The topological polar surface area (TPSA) is 80.2 Å². The maximum atomic E-state index is 13.6. The summed E-state index contributed by atoms with van der Waals surface area (Å²) < 4.78 is 0. The first kappa shape index (κ1) is 25.9. The number of fused-ring (bicyclic) bond motifs is 3. The van der Waals surface area contributed by atoms with Crippen molar-refractivity contribution in [3.8, 4) is 0 Å². The maximum absolute atomic E-state index is 13.6. The number of benzene rings is 2. The van der Waals surface area contributed by atoms with E-state index in [9.17, 15) is 4.79 Å². The van der Waals surface area contributed by atoms with Crippen LogP contribution in [0.4, 0.5) is 28.8 Å². The molecule has 0 saturated carbocycles. The molecule has 1 fully saturated rings. The van der Waals surface area contributed by atoms with Crippen LogP contribution in [-0.2, 0) is 0 Å². The van der Waals surface area contributed by atoms with Gasteiger partial charge in [-0.1, -0.05) is 29.3 Å². The van der Waals surface area contributed by atoms with Crippen molar-refractivity contribution in [3.05, 3.63) is 63.8 Å². The van der Waals surface area contributed by atoms with Gasteiger partial charge in [-0.2, -0.15) is 4.98 Å². The second kappa shape index (κ2) is 10.3. The van der Waals surface area contributed by atoms with E-state index in [1.54, 1.807) is 24.4 Å². The molecule has 6 rings (SSSR count). The van der Waals surface area contributed by atoms with Gasteiger partial charge in [-0.25, -0.2) is 9.88 Å². The molecular weight excluding hydrogens is 535 g/mol. The molecule has 0 aliphatic carbocycles. The van der Waals surface area contributed by atoms with E-state index in [0.29, 0.717) is 58.2 Å². The largest absolute Gasteiger partial charge is 0.371 e. The number of halogens is 2. The Balaban J connectivity index is 1.25. The Labute approximate surface area is 238 Å². The monoisotopic (exact) mass is 564 g/mol. The second-order valence-corrected chi connectivity index (χ2v) is 11.1. The number of nitrogens with zero attached hydrogens (tertiary/aromatic N) is 7. The summed E-state index contributed by atoms with van der Waals surface area (Å²) >= 11 is 12.9. The zero-order valence-corrected chi connectivity index (χ0v) is 23.7. The van der Waals surface area contributed by atoms with Gasteiger partial charge < -0.3 is 15.1 Å². The average Bonchev–Trinajstić information content (AvgIpc) is 3.40. The van der Waals surface area contributed by atoms with Crippen LogP contribution in [0.1, 0.15) is 28.8 Å². The van der Waals surface area contributed by atoms with Crippen molar-refractivity contribution in [2.75, 3.05) is 60.3 Å². The predicted octanol–water partition coefficient (Wildman–Crippen LogP) is 5.20. The number of aryl methyl sites for hydroxylation is 1. The second-order valence-electron chi connectivity index (χ2n) is 10.3. The summed E-state index contributed by atoms with van der Waals surface area (Å²) in [7, 11) is 4.32. The molecule has 0 spiro atoms. The first-order valence-electron chi connectivity index (χ1n) is 13.1. The van der Waals surface area contributed by atoms with Crippen LogP contribution in [0.2, 0.25) is 10.0 Å². The van der Waals surface area contributed by atoms with Gasteiger partial charge in [0, 0.05) is 43.2 Å². The summed E-state index contributed by atoms with van der Waals surface area (Å²) in [6.45, 7) is 5.35.